The van der Waals surface area contributed by atoms with Gasteiger partial charge in [-0.25, -0.2) is 9.50 Å². The molecule has 5 rings (SSSR count). The van der Waals surface area contributed by atoms with Crippen molar-refractivity contribution in [3.8, 4) is 5.75 Å². The van der Waals surface area contributed by atoms with E-state index in [1.807, 2.05) is 0 Å². The Balaban J connectivity index is 1.40. The lowest BCUT2D eigenvalue weighted by Gasteiger charge is -2.13. The van der Waals surface area contributed by atoms with Crippen LogP contribution >= 0.6 is 11.8 Å². The SMILES string of the molecule is O=C(Nc1cn[nH]c1Cc1cc(Sc2cn[nH]c2)ccc1OC(F)F)c1cnn2cccnc12. The second-order valence-electron chi connectivity index (χ2n) is 7.02. The Labute approximate surface area is 194 Å². The highest BCUT2D eigenvalue weighted by Gasteiger charge is 2.18. The number of nitrogens with one attached hydrogen (secondary N) is 3. The fraction of sp³-hybridized carbons (Fsp3) is 0.0952. The summed E-state index contributed by atoms with van der Waals surface area (Å²) < 4.78 is 32.2. The van der Waals surface area contributed by atoms with Crippen LogP contribution in [0.5, 0.6) is 5.75 Å². The van der Waals surface area contributed by atoms with E-state index in [1.165, 1.54) is 34.7 Å². The molecule has 172 valence electrons. The molecule has 5 aromatic rings. The lowest BCUT2D eigenvalue weighted by Crippen LogP contribution is -2.13. The van der Waals surface area contributed by atoms with Crippen LogP contribution < -0.4 is 10.1 Å². The number of H-pyrrole nitrogens is 2. The highest BCUT2D eigenvalue weighted by atomic mass is 32.2. The number of hydrogen-bond donors (Lipinski definition) is 3. The number of nitrogens with zero attached hydrogens (tertiary/aromatic N) is 5. The van der Waals surface area contributed by atoms with Gasteiger partial charge in [0.05, 0.1) is 30.0 Å². The maximum Gasteiger partial charge on any atom is 0.387 e. The zero-order chi connectivity index (χ0) is 23.5. The van der Waals surface area contributed by atoms with E-state index >= 15 is 0 Å². The number of anilines is 1. The van der Waals surface area contributed by atoms with Crippen LogP contribution in [0, 0.1) is 0 Å². The van der Waals surface area contributed by atoms with Gasteiger partial charge in [0.15, 0.2) is 5.65 Å². The van der Waals surface area contributed by atoms with Crippen molar-refractivity contribution >= 4 is 29.0 Å². The van der Waals surface area contributed by atoms with Crippen LogP contribution in [0.4, 0.5) is 14.5 Å². The van der Waals surface area contributed by atoms with Gasteiger partial charge >= 0.3 is 6.61 Å². The molecule has 1 amide bonds. The minimum Gasteiger partial charge on any atom is -0.435 e. The van der Waals surface area contributed by atoms with Crippen LogP contribution in [0.2, 0.25) is 0 Å². The van der Waals surface area contributed by atoms with Crippen molar-refractivity contribution in [1.29, 1.82) is 0 Å². The Morgan fingerprint density at radius 2 is 2.12 bits per heavy atom. The number of aromatic amines is 2. The van der Waals surface area contributed by atoms with Gasteiger partial charge in [0, 0.05) is 40.4 Å². The summed E-state index contributed by atoms with van der Waals surface area (Å²) >= 11 is 1.41. The number of halogens is 2. The summed E-state index contributed by atoms with van der Waals surface area (Å²) in [5, 5.41) is 20.4. The summed E-state index contributed by atoms with van der Waals surface area (Å²) in [4.78, 5) is 18.7. The van der Waals surface area contributed by atoms with E-state index in [4.69, 9.17) is 4.74 Å². The highest BCUT2D eigenvalue weighted by Crippen LogP contribution is 2.33. The Bertz CT molecular complexity index is 1430. The summed E-state index contributed by atoms with van der Waals surface area (Å²) in [6.07, 6.45) is 9.66. The number of benzene rings is 1. The fourth-order valence-electron chi connectivity index (χ4n) is 3.32. The lowest BCUT2D eigenvalue weighted by molar-refractivity contribution is -0.0504. The zero-order valence-electron chi connectivity index (χ0n) is 17.3. The van der Waals surface area contributed by atoms with Crippen molar-refractivity contribution in [2.24, 2.45) is 0 Å². The van der Waals surface area contributed by atoms with Gasteiger partial charge in [-0.2, -0.15) is 24.1 Å². The number of aromatic nitrogens is 7. The molecular weight excluding hydrogens is 466 g/mol. The molecule has 0 fully saturated rings. The number of amides is 1. The molecule has 0 aliphatic rings. The predicted octanol–water partition coefficient (Wildman–Crippen LogP) is 3.77. The maximum absolute atomic E-state index is 13.0. The van der Waals surface area contributed by atoms with Crippen molar-refractivity contribution in [3.63, 3.8) is 0 Å². The number of alkyl halides is 2. The third-order valence-electron chi connectivity index (χ3n) is 4.81. The predicted molar refractivity (Wildman–Crippen MR) is 118 cm³/mol. The lowest BCUT2D eigenvalue weighted by atomic mass is 10.1. The summed E-state index contributed by atoms with van der Waals surface area (Å²) in [5.41, 5.74) is 2.10. The average Bonchev–Trinajstić information content (AvgIpc) is 3.57. The van der Waals surface area contributed by atoms with Crippen molar-refractivity contribution in [1.82, 2.24) is 35.0 Å². The molecule has 0 saturated heterocycles. The molecule has 4 heterocycles. The molecule has 0 radical (unpaired) electrons. The highest BCUT2D eigenvalue weighted by molar-refractivity contribution is 7.99. The number of carbonyl (C=O) groups excluding carboxylic acids is 1. The minimum absolute atomic E-state index is 0.0326. The number of rotatable bonds is 8. The van der Waals surface area contributed by atoms with Gasteiger partial charge in [0.1, 0.15) is 11.3 Å². The molecule has 0 aliphatic carbocycles. The van der Waals surface area contributed by atoms with Crippen LogP contribution in [0.1, 0.15) is 21.6 Å². The molecule has 34 heavy (non-hydrogen) atoms. The number of fused-ring (bicyclic) bond motifs is 1. The van der Waals surface area contributed by atoms with Crippen molar-refractivity contribution in [3.05, 3.63) is 78.3 Å². The van der Waals surface area contributed by atoms with Gasteiger partial charge in [-0.3, -0.25) is 15.0 Å². The molecule has 0 spiro atoms. The molecule has 3 N–H and O–H groups in total. The van der Waals surface area contributed by atoms with Crippen LogP contribution in [-0.4, -0.2) is 47.5 Å². The van der Waals surface area contributed by atoms with E-state index < -0.39 is 12.5 Å². The summed E-state index contributed by atoms with van der Waals surface area (Å²) in [7, 11) is 0. The first-order valence-electron chi connectivity index (χ1n) is 9.93. The largest absolute Gasteiger partial charge is 0.435 e. The van der Waals surface area contributed by atoms with Crippen molar-refractivity contribution in [2.45, 2.75) is 22.8 Å². The van der Waals surface area contributed by atoms with E-state index in [1.54, 1.807) is 43.0 Å². The van der Waals surface area contributed by atoms with Crippen LogP contribution in [0.3, 0.4) is 0 Å². The molecule has 10 nitrogen and oxygen atoms in total. The van der Waals surface area contributed by atoms with E-state index in [9.17, 15) is 13.6 Å². The van der Waals surface area contributed by atoms with Crippen molar-refractivity contribution in [2.75, 3.05) is 5.32 Å². The fourth-order valence-corrected chi connectivity index (χ4v) is 4.15. The van der Waals surface area contributed by atoms with Gasteiger partial charge in [-0.05, 0) is 24.3 Å². The molecule has 0 atom stereocenters. The van der Waals surface area contributed by atoms with E-state index in [-0.39, 0.29) is 17.7 Å². The normalized spacial score (nSPS) is 11.3. The van der Waals surface area contributed by atoms with Gasteiger partial charge in [-0.15, -0.1) is 0 Å². The van der Waals surface area contributed by atoms with Gasteiger partial charge < -0.3 is 10.1 Å². The van der Waals surface area contributed by atoms with E-state index in [2.05, 4.69) is 35.8 Å². The average molecular weight is 482 g/mol. The van der Waals surface area contributed by atoms with E-state index in [0.29, 0.717) is 22.6 Å². The first-order valence-corrected chi connectivity index (χ1v) is 10.7. The molecule has 0 saturated carbocycles. The third-order valence-corrected chi connectivity index (χ3v) is 5.76. The topological polar surface area (TPSA) is 126 Å². The maximum atomic E-state index is 13.0. The zero-order valence-corrected chi connectivity index (χ0v) is 18.1. The molecular formula is C21H16F2N8O2S. The molecule has 0 aliphatic heterocycles. The Morgan fingerprint density at radius 1 is 1.21 bits per heavy atom. The van der Waals surface area contributed by atoms with E-state index in [0.717, 1.165) is 9.79 Å². The third kappa shape index (κ3) is 4.59. The van der Waals surface area contributed by atoms with Crippen LogP contribution in [-0.2, 0) is 6.42 Å². The Hall–Kier alpha value is -4.26. The van der Waals surface area contributed by atoms with Gasteiger partial charge in [0.25, 0.3) is 5.91 Å². The molecule has 13 heteroatoms. The Kier molecular flexibility index (Phi) is 5.91. The van der Waals surface area contributed by atoms with Crippen LogP contribution in [0.25, 0.3) is 5.65 Å². The van der Waals surface area contributed by atoms with Gasteiger partial charge in [0.2, 0.25) is 0 Å². The molecule has 0 unspecified atom stereocenters. The number of carbonyl (C=O) groups is 1. The summed E-state index contributed by atoms with van der Waals surface area (Å²) in [6, 6.07) is 6.63. The smallest absolute Gasteiger partial charge is 0.387 e. The Morgan fingerprint density at radius 3 is 2.94 bits per heavy atom. The number of hydrogen-bond acceptors (Lipinski definition) is 7. The molecule has 1 aromatic carbocycles. The minimum atomic E-state index is -2.98. The summed E-state index contributed by atoms with van der Waals surface area (Å²) in [6.45, 7) is -2.98. The first kappa shape index (κ1) is 21.6. The van der Waals surface area contributed by atoms with Crippen molar-refractivity contribution < 1.29 is 18.3 Å². The quantitative estimate of drug-likeness (QED) is 0.307. The second kappa shape index (κ2) is 9.31. The van der Waals surface area contributed by atoms with Gasteiger partial charge in [-0.1, -0.05) is 11.8 Å². The second-order valence-corrected chi connectivity index (χ2v) is 8.17. The molecule has 4 aromatic heterocycles. The number of ether oxygens (including phenoxy) is 1. The van der Waals surface area contributed by atoms with Crippen LogP contribution in [0.15, 0.2) is 71.2 Å². The monoisotopic (exact) mass is 482 g/mol. The standard InChI is InChI=1S/C21H16F2N8O2S/c22-21(23)33-18-3-2-13(34-14-8-25-26-9-14)6-12(18)7-16-17(11-27-30-16)29-20(32)15-10-28-31-5-1-4-24-19(15)31/h1-6,8-11,21H,7H2,(H,25,26)(H,27,30)(H,29,32). The summed E-state index contributed by atoms with van der Waals surface area (Å²) in [5.74, 6) is -0.394. The molecule has 0 bridgehead atoms. The first-order chi connectivity index (χ1) is 16.6.